The predicted molar refractivity (Wildman–Crippen MR) is 61.2 cm³/mol. The Hall–Kier alpha value is -0.870. The zero-order chi connectivity index (χ0) is 11.4. The van der Waals surface area contributed by atoms with Gasteiger partial charge in [0, 0.05) is 18.9 Å². The van der Waals surface area contributed by atoms with Gasteiger partial charge in [0.2, 0.25) is 0 Å². The predicted octanol–water partition coefficient (Wildman–Crippen LogP) is 1.28. The minimum atomic E-state index is -0.367. The summed E-state index contributed by atoms with van der Waals surface area (Å²) >= 11 is 0. The zero-order valence-corrected chi connectivity index (χ0v) is 9.78. The Labute approximate surface area is 96.1 Å². The highest BCUT2D eigenvalue weighted by Gasteiger charge is 2.16. The van der Waals surface area contributed by atoms with Crippen LogP contribution in [0.4, 0.5) is 0 Å². The molecule has 1 aromatic heterocycles. The van der Waals surface area contributed by atoms with Gasteiger partial charge in [-0.3, -0.25) is 0 Å². The molecule has 2 rings (SSSR count). The SMILES string of the molecule is CC(O)Cc1cnc(CC2CCCCN2)o1. The molecule has 4 heteroatoms. The number of piperidine rings is 1. The summed E-state index contributed by atoms with van der Waals surface area (Å²) < 4.78 is 5.59. The first-order valence-electron chi connectivity index (χ1n) is 6.09. The Bertz CT molecular complexity index is 317. The summed E-state index contributed by atoms with van der Waals surface area (Å²) in [7, 11) is 0. The Morgan fingerprint density at radius 3 is 3.19 bits per heavy atom. The summed E-state index contributed by atoms with van der Waals surface area (Å²) in [6.45, 7) is 2.86. The standard InChI is InChI=1S/C12H20N2O2/c1-9(15)6-11-8-14-12(16-11)7-10-4-2-3-5-13-10/h8-10,13,15H,2-7H2,1H3. The maximum Gasteiger partial charge on any atom is 0.195 e. The number of aromatic nitrogens is 1. The van der Waals surface area contributed by atoms with Gasteiger partial charge in [-0.15, -0.1) is 0 Å². The van der Waals surface area contributed by atoms with Crippen molar-refractivity contribution in [3.8, 4) is 0 Å². The van der Waals surface area contributed by atoms with Crippen molar-refractivity contribution in [2.45, 2.75) is 51.2 Å². The van der Waals surface area contributed by atoms with Crippen LogP contribution in [0.1, 0.15) is 37.8 Å². The molecule has 1 aliphatic rings. The molecule has 0 radical (unpaired) electrons. The number of aliphatic hydroxyl groups is 1. The molecule has 4 nitrogen and oxygen atoms in total. The van der Waals surface area contributed by atoms with Gasteiger partial charge in [-0.2, -0.15) is 0 Å². The molecule has 2 atom stereocenters. The molecule has 0 spiro atoms. The number of oxazole rings is 1. The van der Waals surface area contributed by atoms with Crippen molar-refractivity contribution in [1.29, 1.82) is 0 Å². The van der Waals surface area contributed by atoms with Crippen LogP contribution in [-0.2, 0) is 12.8 Å². The quantitative estimate of drug-likeness (QED) is 0.809. The number of nitrogens with one attached hydrogen (secondary N) is 1. The number of aliphatic hydroxyl groups excluding tert-OH is 1. The molecule has 1 fully saturated rings. The number of rotatable bonds is 4. The van der Waals surface area contributed by atoms with E-state index in [4.69, 9.17) is 4.42 Å². The van der Waals surface area contributed by atoms with Crippen molar-refractivity contribution < 1.29 is 9.52 Å². The van der Waals surface area contributed by atoms with Crippen molar-refractivity contribution in [3.05, 3.63) is 17.8 Å². The van der Waals surface area contributed by atoms with E-state index in [1.807, 2.05) is 0 Å². The van der Waals surface area contributed by atoms with Crippen LogP contribution in [0, 0.1) is 0 Å². The summed E-state index contributed by atoms with van der Waals surface area (Å²) in [5.74, 6) is 1.57. The monoisotopic (exact) mass is 224 g/mol. The van der Waals surface area contributed by atoms with Gasteiger partial charge in [-0.1, -0.05) is 6.42 Å². The molecule has 0 aromatic carbocycles. The minimum Gasteiger partial charge on any atom is -0.446 e. The lowest BCUT2D eigenvalue weighted by molar-refractivity contribution is 0.186. The second-order valence-electron chi connectivity index (χ2n) is 4.62. The van der Waals surface area contributed by atoms with E-state index < -0.39 is 0 Å². The Kier molecular flexibility index (Phi) is 3.96. The van der Waals surface area contributed by atoms with Gasteiger partial charge < -0.3 is 14.8 Å². The smallest absolute Gasteiger partial charge is 0.195 e. The molecule has 0 amide bonds. The molecule has 2 unspecified atom stereocenters. The van der Waals surface area contributed by atoms with Crippen LogP contribution in [0.15, 0.2) is 10.6 Å². The fourth-order valence-electron chi connectivity index (χ4n) is 2.14. The first kappa shape index (κ1) is 11.6. The number of hydrogen-bond donors (Lipinski definition) is 2. The third-order valence-corrected chi connectivity index (χ3v) is 2.93. The van der Waals surface area contributed by atoms with E-state index in [0.29, 0.717) is 12.5 Å². The molecule has 2 heterocycles. The van der Waals surface area contributed by atoms with E-state index in [1.165, 1.54) is 19.3 Å². The van der Waals surface area contributed by atoms with E-state index >= 15 is 0 Å². The Balaban J connectivity index is 1.86. The summed E-state index contributed by atoms with van der Waals surface area (Å²) in [6.07, 6.45) is 6.53. The maximum atomic E-state index is 9.24. The zero-order valence-electron chi connectivity index (χ0n) is 9.78. The van der Waals surface area contributed by atoms with Gasteiger partial charge in [-0.05, 0) is 26.3 Å². The van der Waals surface area contributed by atoms with E-state index in [1.54, 1.807) is 13.1 Å². The lowest BCUT2D eigenvalue weighted by Crippen LogP contribution is -2.35. The summed E-state index contributed by atoms with van der Waals surface area (Å²) in [4.78, 5) is 4.25. The normalized spacial score (nSPS) is 23.2. The minimum absolute atomic E-state index is 0.367. The average molecular weight is 224 g/mol. The van der Waals surface area contributed by atoms with Crippen LogP contribution >= 0.6 is 0 Å². The molecule has 90 valence electrons. The third-order valence-electron chi connectivity index (χ3n) is 2.93. The van der Waals surface area contributed by atoms with Gasteiger partial charge in [0.15, 0.2) is 5.89 Å². The fourth-order valence-corrected chi connectivity index (χ4v) is 2.14. The van der Waals surface area contributed by atoms with E-state index in [-0.39, 0.29) is 6.10 Å². The van der Waals surface area contributed by atoms with Crippen LogP contribution in [0.3, 0.4) is 0 Å². The molecular formula is C12H20N2O2. The molecule has 0 bridgehead atoms. The first-order chi connectivity index (χ1) is 7.74. The third kappa shape index (κ3) is 3.32. The average Bonchev–Trinajstić information content (AvgIpc) is 2.66. The summed E-state index contributed by atoms with van der Waals surface area (Å²) in [5, 5.41) is 12.7. The topological polar surface area (TPSA) is 58.3 Å². The molecular weight excluding hydrogens is 204 g/mol. The highest BCUT2D eigenvalue weighted by Crippen LogP contribution is 2.13. The summed E-state index contributed by atoms with van der Waals surface area (Å²) in [5.41, 5.74) is 0. The number of nitrogens with zero attached hydrogens (tertiary/aromatic N) is 1. The molecule has 2 N–H and O–H groups in total. The second-order valence-corrected chi connectivity index (χ2v) is 4.62. The van der Waals surface area contributed by atoms with Crippen molar-refractivity contribution in [2.75, 3.05) is 6.54 Å². The Morgan fingerprint density at radius 1 is 1.62 bits per heavy atom. The van der Waals surface area contributed by atoms with E-state index in [9.17, 15) is 5.11 Å². The van der Waals surface area contributed by atoms with Crippen molar-refractivity contribution in [3.63, 3.8) is 0 Å². The van der Waals surface area contributed by atoms with Crippen LogP contribution in [0.5, 0.6) is 0 Å². The van der Waals surface area contributed by atoms with Gasteiger partial charge in [0.05, 0.1) is 12.3 Å². The lowest BCUT2D eigenvalue weighted by Gasteiger charge is -2.21. The van der Waals surface area contributed by atoms with E-state index in [0.717, 1.165) is 24.6 Å². The molecule has 16 heavy (non-hydrogen) atoms. The second kappa shape index (κ2) is 5.46. The lowest BCUT2D eigenvalue weighted by atomic mass is 10.0. The van der Waals surface area contributed by atoms with Gasteiger partial charge >= 0.3 is 0 Å². The molecule has 1 aliphatic heterocycles. The summed E-state index contributed by atoms with van der Waals surface area (Å²) in [6, 6.07) is 0.506. The van der Waals surface area contributed by atoms with Gasteiger partial charge in [0.25, 0.3) is 0 Å². The highest BCUT2D eigenvalue weighted by molar-refractivity contribution is 4.97. The van der Waals surface area contributed by atoms with Crippen LogP contribution in [0.2, 0.25) is 0 Å². The largest absolute Gasteiger partial charge is 0.446 e. The molecule has 0 saturated carbocycles. The van der Waals surface area contributed by atoms with Crippen LogP contribution in [-0.4, -0.2) is 28.8 Å². The van der Waals surface area contributed by atoms with Gasteiger partial charge in [-0.25, -0.2) is 4.98 Å². The first-order valence-corrected chi connectivity index (χ1v) is 6.09. The maximum absolute atomic E-state index is 9.24. The number of hydrogen-bond acceptors (Lipinski definition) is 4. The Morgan fingerprint density at radius 2 is 2.50 bits per heavy atom. The van der Waals surface area contributed by atoms with Crippen molar-refractivity contribution in [2.24, 2.45) is 0 Å². The highest BCUT2D eigenvalue weighted by atomic mass is 16.4. The molecule has 1 aromatic rings. The van der Waals surface area contributed by atoms with E-state index in [2.05, 4.69) is 10.3 Å². The van der Waals surface area contributed by atoms with Crippen LogP contribution < -0.4 is 5.32 Å². The van der Waals surface area contributed by atoms with Crippen LogP contribution in [0.25, 0.3) is 0 Å². The fraction of sp³-hybridized carbons (Fsp3) is 0.750. The van der Waals surface area contributed by atoms with Crippen molar-refractivity contribution >= 4 is 0 Å². The van der Waals surface area contributed by atoms with Gasteiger partial charge in [0.1, 0.15) is 5.76 Å². The molecule has 1 saturated heterocycles. The molecule has 0 aliphatic carbocycles. The van der Waals surface area contributed by atoms with Crippen molar-refractivity contribution in [1.82, 2.24) is 10.3 Å².